The molecule has 1 aromatic rings. The molecule has 15 heavy (non-hydrogen) atoms. The molecule has 82 valence electrons. The smallest absolute Gasteiger partial charge is 0.161 e. The Morgan fingerprint density at radius 3 is 2.87 bits per heavy atom. The Morgan fingerprint density at radius 1 is 1.53 bits per heavy atom. The Balaban J connectivity index is 2.47. The van der Waals surface area contributed by atoms with Gasteiger partial charge >= 0.3 is 0 Å². The van der Waals surface area contributed by atoms with E-state index in [4.69, 9.17) is 4.74 Å². The first-order chi connectivity index (χ1) is 7.13. The number of ketones is 1. The lowest BCUT2D eigenvalue weighted by Crippen LogP contribution is -2.19. The summed E-state index contributed by atoms with van der Waals surface area (Å²) in [7, 11) is 0. The summed E-state index contributed by atoms with van der Waals surface area (Å²) in [6.45, 7) is 4.12. The van der Waals surface area contributed by atoms with Crippen molar-refractivity contribution in [3.63, 3.8) is 0 Å². The molecule has 0 saturated carbocycles. The van der Waals surface area contributed by atoms with Gasteiger partial charge in [0.1, 0.15) is 6.10 Å². The van der Waals surface area contributed by atoms with Gasteiger partial charge in [-0.2, -0.15) is 0 Å². The van der Waals surface area contributed by atoms with Crippen molar-refractivity contribution in [1.29, 1.82) is 0 Å². The maximum Gasteiger partial charge on any atom is 0.161 e. The van der Waals surface area contributed by atoms with Gasteiger partial charge in [0.15, 0.2) is 5.78 Å². The monoisotopic (exact) mass is 270 g/mol. The average Bonchev–Trinajstić information content (AvgIpc) is 2.25. The summed E-state index contributed by atoms with van der Waals surface area (Å²) in [5, 5.41) is 0. The van der Waals surface area contributed by atoms with E-state index in [2.05, 4.69) is 15.9 Å². The number of hydrogen-bond acceptors (Lipinski definition) is 2. The summed E-state index contributed by atoms with van der Waals surface area (Å²) in [6.07, 6.45) is 0.216. The third kappa shape index (κ3) is 4.14. The minimum absolute atomic E-state index is 0.144. The lowest BCUT2D eigenvalue weighted by atomic mass is 10.2. The van der Waals surface area contributed by atoms with Crippen LogP contribution in [0.15, 0.2) is 28.7 Å². The lowest BCUT2D eigenvalue weighted by Gasteiger charge is -2.10. The van der Waals surface area contributed by atoms with Crippen LogP contribution in [-0.4, -0.2) is 11.9 Å². The topological polar surface area (TPSA) is 26.3 Å². The summed E-state index contributed by atoms with van der Waals surface area (Å²) in [4.78, 5) is 11.3. The highest BCUT2D eigenvalue weighted by Gasteiger charge is 2.10. The Labute approximate surface area is 98.8 Å². The number of carbonyl (C=O) groups excluding carboxylic acids is 1. The van der Waals surface area contributed by atoms with Gasteiger partial charge in [0, 0.05) is 10.9 Å². The Hall–Kier alpha value is -0.670. The van der Waals surface area contributed by atoms with Crippen LogP contribution in [0.5, 0.6) is 0 Å². The van der Waals surface area contributed by atoms with E-state index in [-0.39, 0.29) is 11.9 Å². The summed E-state index contributed by atoms with van der Waals surface area (Å²) in [5.74, 6) is 0.144. The predicted octanol–water partition coefficient (Wildman–Crippen LogP) is 3.33. The number of benzene rings is 1. The third-order valence-electron chi connectivity index (χ3n) is 2.19. The van der Waals surface area contributed by atoms with Crippen LogP contribution < -0.4 is 0 Å². The zero-order valence-corrected chi connectivity index (χ0v) is 10.6. The van der Waals surface area contributed by atoms with Gasteiger partial charge in [-0.1, -0.05) is 35.0 Å². The van der Waals surface area contributed by atoms with Crippen LogP contribution in [0.4, 0.5) is 0 Å². The molecule has 0 aliphatic rings. The summed E-state index contributed by atoms with van der Waals surface area (Å²) in [5.41, 5.74) is 1.07. The molecular weight excluding hydrogens is 256 g/mol. The van der Waals surface area contributed by atoms with Gasteiger partial charge in [-0.15, -0.1) is 0 Å². The van der Waals surface area contributed by atoms with Crippen molar-refractivity contribution in [1.82, 2.24) is 0 Å². The van der Waals surface area contributed by atoms with Crippen LogP contribution in [0.1, 0.15) is 25.8 Å². The molecule has 0 N–H and O–H groups in total. The van der Waals surface area contributed by atoms with Crippen molar-refractivity contribution < 1.29 is 9.53 Å². The van der Waals surface area contributed by atoms with Gasteiger partial charge in [-0.05, 0) is 24.6 Å². The predicted molar refractivity (Wildman–Crippen MR) is 63.7 cm³/mol. The van der Waals surface area contributed by atoms with E-state index >= 15 is 0 Å². The van der Waals surface area contributed by atoms with Crippen LogP contribution in [-0.2, 0) is 16.1 Å². The highest BCUT2D eigenvalue weighted by Crippen LogP contribution is 2.13. The standard InChI is InChI=1S/C12H15BrO2/c1-3-12(14)9(2)15-8-10-5-4-6-11(13)7-10/h4-7,9H,3,8H2,1-2H3. The number of rotatable bonds is 5. The van der Waals surface area contributed by atoms with E-state index in [1.54, 1.807) is 6.92 Å². The SMILES string of the molecule is CCC(=O)C(C)OCc1cccc(Br)c1. The van der Waals surface area contributed by atoms with Crippen molar-refractivity contribution in [3.8, 4) is 0 Å². The highest BCUT2D eigenvalue weighted by atomic mass is 79.9. The second-order valence-corrected chi connectivity index (χ2v) is 4.32. The number of carbonyl (C=O) groups is 1. The zero-order valence-electron chi connectivity index (χ0n) is 9.00. The molecule has 1 atom stereocenters. The second-order valence-electron chi connectivity index (χ2n) is 3.40. The normalized spacial score (nSPS) is 12.5. The number of halogens is 1. The van der Waals surface area contributed by atoms with Crippen molar-refractivity contribution >= 4 is 21.7 Å². The molecule has 0 fully saturated rings. The van der Waals surface area contributed by atoms with E-state index in [0.717, 1.165) is 10.0 Å². The van der Waals surface area contributed by atoms with Crippen molar-refractivity contribution in [2.45, 2.75) is 33.0 Å². The molecule has 2 nitrogen and oxygen atoms in total. The molecule has 3 heteroatoms. The van der Waals surface area contributed by atoms with Crippen molar-refractivity contribution in [3.05, 3.63) is 34.3 Å². The highest BCUT2D eigenvalue weighted by molar-refractivity contribution is 9.10. The van der Waals surface area contributed by atoms with Crippen LogP contribution in [0, 0.1) is 0 Å². The minimum atomic E-state index is -0.311. The fraction of sp³-hybridized carbons (Fsp3) is 0.417. The molecule has 0 aliphatic heterocycles. The largest absolute Gasteiger partial charge is 0.366 e. The van der Waals surface area contributed by atoms with E-state index in [9.17, 15) is 4.79 Å². The van der Waals surface area contributed by atoms with Crippen LogP contribution in [0.2, 0.25) is 0 Å². The molecule has 0 bridgehead atoms. The molecule has 1 unspecified atom stereocenters. The van der Waals surface area contributed by atoms with Gasteiger partial charge in [-0.25, -0.2) is 0 Å². The summed E-state index contributed by atoms with van der Waals surface area (Å²) in [6, 6.07) is 7.89. The number of ether oxygens (including phenoxy) is 1. The molecular formula is C12H15BrO2. The van der Waals surface area contributed by atoms with E-state index < -0.39 is 0 Å². The van der Waals surface area contributed by atoms with Gasteiger partial charge in [0.25, 0.3) is 0 Å². The zero-order chi connectivity index (χ0) is 11.3. The first-order valence-electron chi connectivity index (χ1n) is 5.02. The quantitative estimate of drug-likeness (QED) is 0.821. The number of Topliss-reactive ketones (excluding diaryl/α,β-unsaturated/α-hetero) is 1. The van der Waals surface area contributed by atoms with E-state index in [1.807, 2.05) is 31.2 Å². The summed E-state index contributed by atoms with van der Waals surface area (Å²) < 4.78 is 6.49. The molecule has 0 aromatic heterocycles. The van der Waals surface area contributed by atoms with Crippen LogP contribution >= 0.6 is 15.9 Å². The Bertz CT molecular complexity index is 336. The fourth-order valence-electron chi connectivity index (χ4n) is 1.23. The first kappa shape index (κ1) is 12.4. The maximum atomic E-state index is 11.3. The van der Waals surface area contributed by atoms with E-state index in [1.165, 1.54) is 0 Å². The molecule has 0 amide bonds. The van der Waals surface area contributed by atoms with Crippen LogP contribution in [0.3, 0.4) is 0 Å². The molecule has 0 radical (unpaired) electrons. The molecule has 1 aromatic carbocycles. The Morgan fingerprint density at radius 2 is 2.27 bits per heavy atom. The minimum Gasteiger partial charge on any atom is -0.366 e. The molecule has 0 spiro atoms. The summed E-state index contributed by atoms with van der Waals surface area (Å²) >= 11 is 3.39. The lowest BCUT2D eigenvalue weighted by molar-refractivity contribution is -0.129. The van der Waals surface area contributed by atoms with E-state index in [0.29, 0.717) is 13.0 Å². The van der Waals surface area contributed by atoms with Crippen molar-refractivity contribution in [2.75, 3.05) is 0 Å². The van der Waals surface area contributed by atoms with Gasteiger partial charge in [0.05, 0.1) is 6.61 Å². The number of hydrogen-bond donors (Lipinski definition) is 0. The average molecular weight is 271 g/mol. The molecule has 1 rings (SSSR count). The maximum absolute atomic E-state index is 11.3. The Kier molecular flexibility index (Phi) is 4.99. The van der Waals surface area contributed by atoms with Crippen molar-refractivity contribution in [2.24, 2.45) is 0 Å². The molecule has 0 saturated heterocycles. The van der Waals surface area contributed by atoms with Gasteiger partial charge in [-0.3, -0.25) is 4.79 Å². The van der Waals surface area contributed by atoms with Gasteiger partial charge in [0.2, 0.25) is 0 Å². The third-order valence-corrected chi connectivity index (χ3v) is 2.68. The molecule has 0 heterocycles. The fourth-order valence-corrected chi connectivity index (χ4v) is 1.68. The van der Waals surface area contributed by atoms with Gasteiger partial charge < -0.3 is 4.74 Å². The second kappa shape index (κ2) is 6.03. The first-order valence-corrected chi connectivity index (χ1v) is 5.81. The molecule has 0 aliphatic carbocycles. The van der Waals surface area contributed by atoms with Crippen LogP contribution in [0.25, 0.3) is 0 Å².